The van der Waals surface area contributed by atoms with E-state index in [1.54, 1.807) is 18.4 Å². The maximum absolute atomic E-state index is 12.2. The van der Waals surface area contributed by atoms with E-state index in [2.05, 4.69) is 29.3 Å². The lowest BCUT2D eigenvalue weighted by Gasteiger charge is -2.03. The van der Waals surface area contributed by atoms with Gasteiger partial charge >= 0.3 is 0 Å². The van der Waals surface area contributed by atoms with Gasteiger partial charge in [-0.25, -0.2) is 13.4 Å². The number of anilines is 1. The molecule has 0 spiro atoms. The van der Waals surface area contributed by atoms with E-state index in [1.807, 2.05) is 0 Å². The van der Waals surface area contributed by atoms with Crippen LogP contribution in [0.2, 0.25) is 0 Å². The van der Waals surface area contributed by atoms with Gasteiger partial charge in [-0.15, -0.1) is 11.3 Å². The molecule has 25 heavy (non-hydrogen) atoms. The standard InChI is InChI=1S/C16H23N3O4S2/c1-11(2)4-5-16-17-13(9-24-16)10-25(21,22)7-6-15(20)18-14-8-12(3)23-19-14/h8-9,11H,4-7,10H2,1-3H3,(H,18,19,20). The van der Waals surface area contributed by atoms with E-state index >= 15 is 0 Å². The molecule has 0 radical (unpaired) electrons. The Bertz CT molecular complexity index is 809. The molecule has 1 amide bonds. The molecule has 2 aromatic heterocycles. The van der Waals surface area contributed by atoms with Crippen LogP contribution in [0.3, 0.4) is 0 Å². The maximum atomic E-state index is 12.2. The molecule has 0 fully saturated rings. The van der Waals surface area contributed by atoms with Gasteiger partial charge in [0.2, 0.25) is 5.91 Å². The summed E-state index contributed by atoms with van der Waals surface area (Å²) >= 11 is 1.49. The average molecular weight is 386 g/mol. The van der Waals surface area contributed by atoms with Crippen molar-refractivity contribution in [2.45, 2.75) is 45.8 Å². The predicted molar refractivity (Wildman–Crippen MR) is 97.3 cm³/mol. The molecular weight excluding hydrogens is 362 g/mol. The number of thiazole rings is 1. The highest BCUT2D eigenvalue weighted by atomic mass is 32.2. The van der Waals surface area contributed by atoms with E-state index in [1.165, 1.54) is 11.3 Å². The van der Waals surface area contributed by atoms with Crippen molar-refractivity contribution >= 4 is 32.9 Å². The molecule has 0 aliphatic rings. The molecular formula is C16H23N3O4S2. The van der Waals surface area contributed by atoms with Crippen LogP contribution in [-0.4, -0.2) is 30.2 Å². The summed E-state index contributed by atoms with van der Waals surface area (Å²) in [4.78, 5) is 16.2. The molecule has 2 rings (SSSR count). The Balaban J connectivity index is 1.82. The van der Waals surface area contributed by atoms with Gasteiger partial charge in [0.25, 0.3) is 0 Å². The Kier molecular flexibility index (Phi) is 6.71. The number of amides is 1. The van der Waals surface area contributed by atoms with Gasteiger partial charge in [0, 0.05) is 17.9 Å². The minimum absolute atomic E-state index is 0.126. The summed E-state index contributed by atoms with van der Waals surface area (Å²) in [5.41, 5.74) is 0.552. The third-order valence-corrected chi connectivity index (χ3v) is 5.96. The molecule has 1 N–H and O–H groups in total. The van der Waals surface area contributed by atoms with Crippen LogP contribution in [0.4, 0.5) is 5.82 Å². The molecule has 9 heteroatoms. The number of carbonyl (C=O) groups excluding carboxylic acids is 1. The smallest absolute Gasteiger partial charge is 0.226 e. The van der Waals surface area contributed by atoms with Crippen molar-refractivity contribution in [3.8, 4) is 0 Å². The summed E-state index contributed by atoms with van der Waals surface area (Å²) in [6.45, 7) is 5.99. The second-order valence-electron chi connectivity index (χ2n) is 6.38. The molecule has 138 valence electrons. The third kappa shape index (κ3) is 6.95. The molecule has 0 aliphatic carbocycles. The van der Waals surface area contributed by atoms with E-state index in [0.717, 1.165) is 17.8 Å². The molecule has 0 aliphatic heterocycles. The van der Waals surface area contributed by atoms with Crippen molar-refractivity contribution in [3.63, 3.8) is 0 Å². The van der Waals surface area contributed by atoms with Crippen LogP contribution in [0.25, 0.3) is 0 Å². The fraction of sp³-hybridized carbons (Fsp3) is 0.562. The highest BCUT2D eigenvalue weighted by Gasteiger charge is 2.17. The Hall–Kier alpha value is -1.74. The van der Waals surface area contributed by atoms with E-state index < -0.39 is 15.7 Å². The number of hydrogen-bond acceptors (Lipinski definition) is 7. The maximum Gasteiger partial charge on any atom is 0.226 e. The molecule has 0 unspecified atom stereocenters. The summed E-state index contributed by atoms with van der Waals surface area (Å²) in [5.74, 6) is 0.667. The van der Waals surface area contributed by atoms with E-state index in [4.69, 9.17) is 4.52 Å². The molecule has 0 saturated carbocycles. The predicted octanol–water partition coefficient (Wildman–Crippen LogP) is 2.97. The van der Waals surface area contributed by atoms with Crippen LogP contribution in [0.5, 0.6) is 0 Å². The zero-order chi connectivity index (χ0) is 18.4. The van der Waals surface area contributed by atoms with Crippen molar-refractivity contribution in [1.82, 2.24) is 10.1 Å². The van der Waals surface area contributed by atoms with Crippen LogP contribution in [0.15, 0.2) is 16.0 Å². The highest BCUT2D eigenvalue weighted by Crippen LogP contribution is 2.17. The SMILES string of the molecule is Cc1cc(NC(=O)CCS(=O)(=O)Cc2csc(CCC(C)C)n2)no1. The third-order valence-electron chi connectivity index (χ3n) is 3.44. The van der Waals surface area contributed by atoms with Crippen molar-refractivity contribution in [3.05, 3.63) is 27.9 Å². The Morgan fingerprint density at radius 1 is 1.40 bits per heavy atom. The van der Waals surface area contributed by atoms with Gasteiger partial charge in [0.15, 0.2) is 15.7 Å². The highest BCUT2D eigenvalue weighted by molar-refractivity contribution is 7.90. The summed E-state index contributed by atoms with van der Waals surface area (Å²) < 4.78 is 29.2. The number of nitrogens with one attached hydrogen (secondary N) is 1. The number of sulfone groups is 1. The second kappa shape index (κ2) is 8.57. The van der Waals surface area contributed by atoms with Crippen LogP contribution in [-0.2, 0) is 26.8 Å². The van der Waals surface area contributed by atoms with Gasteiger partial charge < -0.3 is 9.84 Å². The normalized spacial score (nSPS) is 11.8. The van der Waals surface area contributed by atoms with Crippen molar-refractivity contribution in [2.75, 3.05) is 11.1 Å². The summed E-state index contributed by atoms with van der Waals surface area (Å²) in [6.07, 6.45) is 1.77. The van der Waals surface area contributed by atoms with Crippen LogP contribution >= 0.6 is 11.3 Å². The first kappa shape index (κ1) is 19.6. The minimum atomic E-state index is -3.40. The van der Waals surface area contributed by atoms with Gasteiger partial charge in [0.1, 0.15) is 5.76 Å². The first-order valence-corrected chi connectivity index (χ1v) is 10.8. The number of aryl methyl sites for hydroxylation is 2. The van der Waals surface area contributed by atoms with E-state index in [9.17, 15) is 13.2 Å². The lowest BCUT2D eigenvalue weighted by Crippen LogP contribution is -2.18. The summed E-state index contributed by atoms with van der Waals surface area (Å²) in [7, 11) is -3.40. The molecule has 2 aromatic rings. The fourth-order valence-electron chi connectivity index (χ4n) is 2.12. The van der Waals surface area contributed by atoms with Gasteiger partial charge in [-0.2, -0.15) is 0 Å². The lowest BCUT2D eigenvalue weighted by atomic mass is 10.1. The molecule has 0 bridgehead atoms. The van der Waals surface area contributed by atoms with Gasteiger partial charge in [-0.1, -0.05) is 19.0 Å². The average Bonchev–Trinajstić information content (AvgIpc) is 3.12. The second-order valence-corrected chi connectivity index (χ2v) is 9.50. The Morgan fingerprint density at radius 2 is 2.16 bits per heavy atom. The fourth-order valence-corrected chi connectivity index (χ4v) is 4.28. The largest absolute Gasteiger partial charge is 0.360 e. The van der Waals surface area contributed by atoms with Gasteiger partial charge in [-0.3, -0.25) is 4.79 Å². The monoisotopic (exact) mass is 385 g/mol. The summed E-state index contributed by atoms with van der Waals surface area (Å²) in [5, 5.41) is 8.88. The lowest BCUT2D eigenvalue weighted by molar-refractivity contribution is -0.115. The van der Waals surface area contributed by atoms with Gasteiger partial charge in [0.05, 0.1) is 22.2 Å². The van der Waals surface area contributed by atoms with Crippen molar-refractivity contribution < 1.29 is 17.7 Å². The Labute approximate surface area is 151 Å². The first-order valence-electron chi connectivity index (χ1n) is 8.10. The zero-order valence-corrected chi connectivity index (χ0v) is 16.2. The molecule has 0 saturated heterocycles. The van der Waals surface area contributed by atoms with Crippen LogP contribution in [0, 0.1) is 12.8 Å². The molecule has 0 aromatic carbocycles. The van der Waals surface area contributed by atoms with E-state index in [0.29, 0.717) is 17.4 Å². The molecule has 2 heterocycles. The first-order chi connectivity index (χ1) is 11.7. The Morgan fingerprint density at radius 3 is 2.80 bits per heavy atom. The molecule has 7 nitrogen and oxygen atoms in total. The number of rotatable bonds is 9. The molecule has 0 atom stereocenters. The van der Waals surface area contributed by atoms with Crippen molar-refractivity contribution in [1.29, 1.82) is 0 Å². The van der Waals surface area contributed by atoms with Crippen molar-refractivity contribution in [2.24, 2.45) is 5.92 Å². The topological polar surface area (TPSA) is 102 Å². The zero-order valence-electron chi connectivity index (χ0n) is 14.6. The quantitative estimate of drug-likeness (QED) is 0.712. The number of aromatic nitrogens is 2. The summed E-state index contributed by atoms with van der Waals surface area (Å²) in [6, 6.07) is 1.57. The number of hydrogen-bond donors (Lipinski definition) is 1. The number of nitrogens with zero attached hydrogens (tertiary/aromatic N) is 2. The van der Waals surface area contributed by atoms with Gasteiger partial charge in [-0.05, 0) is 25.7 Å². The number of carbonyl (C=O) groups is 1. The van der Waals surface area contributed by atoms with Crippen LogP contribution in [0.1, 0.15) is 43.2 Å². The van der Waals surface area contributed by atoms with Crippen LogP contribution < -0.4 is 5.32 Å². The minimum Gasteiger partial charge on any atom is -0.360 e. The van der Waals surface area contributed by atoms with E-state index in [-0.39, 0.29) is 23.7 Å².